The Kier molecular flexibility index (Phi) is 2.18. The molecule has 0 saturated heterocycles. The number of hydrogen-bond donors (Lipinski definition) is 2. The monoisotopic (exact) mass is 201 g/mol. The van der Waals surface area contributed by atoms with Crippen molar-refractivity contribution in [2.24, 2.45) is 0 Å². The van der Waals surface area contributed by atoms with E-state index in [1.165, 1.54) is 0 Å². The molecule has 0 radical (unpaired) electrons. The van der Waals surface area contributed by atoms with Gasteiger partial charge in [0.1, 0.15) is 5.69 Å². The Bertz CT molecular complexity index is 346. The fourth-order valence-corrected chi connectivity index (χ4v) is 1.13. The first-order valence-electron chi connectivity index (χ1n) is 4.30. The molecule has 1 saturated carbocycles. The van der Waals surface area contributed by atoms with E-state index in [4.69, 9.17) is 0 Å². The molecule has 76 valence electrons. The second-order valence-electron chi connectivity index (χ2n) is 3.25. The number of nitrogens with one attached hydrogen (secondary N) is 2. The van der Waals surface area contributed by atoms with Crippen molar-refractivity contribution < 1.29 is 13.6 Å². The van der Waals surface area contributed by atoms with Crippen molar-refractivity contribution in [3.05, 3.63) is 17.5 Å². The Morgan fingerprint density at radius 2 is 2.36 bits per heavy atom. The second kappa shape index (κ2) is 3.36. The summed E-state index contributed by atoms with van der Waals surface area (Å²) in [5.41, 5.74) is -0.477. The largest absolute Gasteiger partial charge is 0.349 e. The van der Waals surface area contributed by atoms with Crippen molar-refractivity contribution in [2.75, 3.05) is 0 Å². The lowest BCUT2D eigenvalue weighted by Gasteiger charge is -2.02. The minimum absolute atomic E-state index is 0.0631. The number of carbonyl (C=O) groups is 1. The lowest BCUT2D eigenvalue weighted by atomic mass is 10.2. The van der Waals surface area contributed by atoms with Gasteiger partial charge in [-0.15, -0.1) is 0 Å². The van der Waals surface area contributed by atoms with E-state index in [1.54, 1.807) is 0 Å². The Morgan fingerprint density at radius 3 is 2.93 bits per heavy atom. The van der Waals surface area contributed by atoms with Crippen LogP contribution in [0, 0.1) is 0 Å². The SMILES string of the molecule is O=C(NC1CC1)c1cn[nH]c1C(F)F. The summed E-state index contributed by atoms with van der Waals surface area (Å²) >= 11 is 0. The number of halogens is 2. The van der Waals surface area contributed by atoms with Gasteiger partial charge in [-0.2, -0.15) is 5.10 Å². The van der Waals surface area contributed by atoms with Crippen molar-refractivity contribution in [1.29, 1.82) is 0 Å². The zero-order chi connectivity index (χ0) is 10.1. The third-order valence-electron chi connectivity index (χ3n) is 2.04. The lowest BCUT2D eigenvalue weighted by molar-refractivity contribution is 0.0936. The highest BCUT2D eigenvalue weighted by atomic mass is 19.3. The Hall–Kier alpha value is -1.46. The van der Waals surface area contributed by atoms with Gasteiger partial charge in [-0.1, -0.05) is 0 Å². The Balaban J connectivity index is 2.13. The molecule has 0 unspecified atom stereocenters. The van der Waals surface area contributed by atoms with Gasteiger partial charge in [-0.3, -0.25) is 9.89 Å². The highest BCUT2D eigenvalue weighted by Crippen LogP contribution is 2.22. The molecule has 0 aromatic carbocycles. The average molecular weight is 201 g/mol. The van der Waals surface area contributed by atoms with Crippen LogP contribution in [0.5, 0.6) is 0 Å². The first-order valence-corrected chi connectivity index (χ1v) is 4.30. The van der Waals surface area contributed by atoms with Gasteiger partial charge >= 0.3 is 0 Å². The van der Waals surface area contributed by atoms with E-state index in [1.807, 2.05) is 0 Å². The number of hydrogen-bond acceptors (Lipinski definition) is 2. The molecule has 2 rings (SSSR count). The summed E-state index contributed by atoms with van der Waals surface area (Å²) < 4.78 is 24.6. The molecule has 2 N–H and O–H groups in total. The van der Waals surface area contributed by atoms with Crippen molar-refractivity contribution in [1.82, 2.24) is 15.5 Å². The number of carbonyl (C=O) groups excluding carboxylic acids is 1. The van der Waals surface area contributed by atoms with Crippen molar-refractivity contribution >= 4 is 5.91 Å². The molecule has 0 atom stereocenters. The molecule has 0 bridgehead atoms. The van der Waals surface area contributed by atoms with Crippen LogP contribution < -0.4 is 5.32 Å². The molecule has 1 fully saturated rings. The molecule has 4 nitrogen and oxygen atoms in total. The third kappa shape index (κ3) is 1.73. The molecule has 0 spiro atoms. The van der Waals surface area contributed by atoms with Crippen LogP contribution in [0.3, 0.4) is 0 Å². The van der Waals surface area contributed by atoms with Crippen LogP contribution >= 0.6 is 0 Å². The Morgan fingerprint density at radius 1 is 1.64 bits per heavy atom. The summed E-state index contributed by atoms with van der Waals surface area (Å²) in [6.07, 6.45) is 0.276. The van der Waals surface area contributed by atoms with Gasteiger partial charge in [0.2, 0.25) is 0 Å². The Labute approximate surface area is 78.7 Å². The van der Waals surface area contributed by atoms with E-state index in [9.17, 15) is 13.6 Å². The zero-order valence-corrected chi connectivity index (χ0v) is 7.26. The van der Waals surface area contributed by atoms with Crippen LogP contribution in [0.15, 0.2) is 6.20 Å². The molecule has 14 heavy (non-hydrogen) atoms. The van der Waals surface area contributed by atoms with Gasteiger partial charge in [0.15, 0.2) is 0 Å². The van der Waals surface area contributed by atoms with E-state index in [0.29, 0.717) is 0 Å². The van der Waals surface area contributed by atoms with Gasteiger partial charge in [-0.25, -0.2) is 8.78 Å². The standard InChI is InChI=1S/C8H9F2N3O/c9-7(10)6-5(3-11-13-6)8(14)12-4-1-2-4/h3-4,7H,1-2H2,(H,11,13)(H,12,14). The number of nitrogens with zero attached hydrogens (tertiary/aromatic N) is 1. The number of alkyl halides is 2. The molecule has 1 aromatic rings. The predicted molar refractivity (Wildman–Crippen MR) is 44.0 cm³/mol. The number of aromatic nitrogens is 2. The summed E-state index contributed by atoms with van der Waals surface area (Å²) in [6.45, 7) is 0. The summed E-state index contributed by atoms with van der Waals surface area (Å²) in [4.78, 5) is 11.4. The van der Waals surface area contributed by atoms with Crippen LogP contribution in [-0.2, 0) is 0 Å². The first-order chi connectivity index (χ1) is 6.68. The highest BCUT2D eigenvalue weighted by molar-refractivity contribution is 5.95. The average Bonchev–Trinajstić information content (AvgIpc) is 2.81. The van der Waals surface area contributed by atoms with Gasteiger partial charge in [0.05, 0.1) is 11.8 Å². The molecule has 1 aliphatic rings. The topological polar surface area (TPSA) is 57.8 Å². The smallest absolute Gasteiger partial charge is 0.280 e. The molecule has 1 aromatic heterocycles. The van der Waals surface area contributed by atoms with Crippen molar-refractivity contribution in [3.8, 4) is 0 Å². The molecule has 6 heteroatoms. The lowest BCUT2D eigenvalue weighted by Crippen LogP contribution is -2.26. The molecule has 1 aliphatic carbocycles. The number of aromatic amines is 1. The number of H-pyrrole nitrogens is 1. The highest BCUT2D eigenvalue weighted by Gasteiger charge is 2.27. The normalized spacial score (nSPS) is 15.9. The van der Waals surface area contributed by atoms with E-state index >= 15 is 0 Å². The van der Waals surface area contributed by atoms with Crippen LogP contribution in [0.1, 0.15) is 35.3 Å². The maximum atomic E-state index is 12.3. The van der Waals surface area contributed by atoms with Crippen LogP contribution in [0.4, 0.5) is 8.78 Å². The van der Waals surface area contributed by atoms with Crippen molar-refractivity contribution in [2.45, 2.75) is 25.3 Å². The first kappa shape index (κ1) is 9.11. The van der Waals surface area contributed by atoms with Gasteiger partial charge in [0.25, 0.3) is 12.3 Å². The fourth-order valence-electron chi connectivity index (χ4n) is 1.13. The quantitative estimate of drug-likeness (QED) is 0.772. The van der Waals surface area contributed by atoms with Crippen LogP contribution in [-0.4, -0.2) is 22.1 Å². The van der Waals surface area contributed by atoms with Gasteiger partial charge < -0.3 is 5.32 Å². The minimum Gasteiger partial charge on any atom is -0.349 e. The predicted octanol–water partition coefficient (Wildman–Crippen LogP) is 1.24. The summed E-state index contributed by atoms with van der Waals surface area (Å²) in [5, 5.41) is 8.16. The van der Waals surface area contributed by atoms with E-state index < -0.39 is 18.0 Å². The van der Waals surface area contributed by atoms with E-state index in [-0.39, 0.29) is 11.6 Å². The number of rotatable bonds is 3. The van der Waals surface area contributed by atoms with Crippen molar-refractivity contribution in [3.63, 3.8) is 0 Å². The molecular formula is C8H9F2N3O. The maximum absolute atomic E-state index is 12.3. The fraction of sp³-hybridized carbons (Fsp3) is 0.500. The number of amides is 1. The minimum atomic E-state index is -2.70. The zero-order valence-electron chi connectivity index (χ0n) is 7.26. The van der Waals surface area contributed by atoms with Crippen LogP contribution in [0.2, 0.25) is 0 Å². The molecule has 1 heterocycles. The summed E-state index contributed by atoms with van der Waals surface area (Å²) in [7, 11) is 0. The van der Waals surface area contributed by atoms with E-state index in [0.717, 1.165) is 19.0 Å². The van der Waals surface area contributed by atoms with Crippen LogP contribution in [0.25, 0.3) is 0 Å². The van der Waals surface area contributed by atoms with Gasteiger partial charge in [-0.05, 0) is 12.8 Å². The maximum Gasteiger partial charge on any atom is 0.280 e. The summed E-state index contributed by atoms with van der Waals surface area (Å²) in [5.74, 6) is -0.475. The van der Waals surface area contributed by atoms with E-state index in [2.05, 4.69) is 15.5 Å². The molecule has 0 aliphatic heterocycles. The molecule has 1 amide bonds. The molecular weight excluding hydrogens is 192 g/mol. The summed E-state index contributed by atoms with van der Waals surface area (Å²) in [6, 6.07) is 0.155. The third-order valence-corrected chi connectivity index (χ3v) is 2.04. The van der Waals surface area contributed by atoms with Gasteiger partial charge in [0, 0.05) is 6.04 Å². The second-order valence-corrected chi connectivity index (χ2v) is 3.25.